The fraction of sp³-hybridized carbons (Fsp3) is 0.235. The van der Waals surface area contributed by atoms with Gasteiger partial charge in [-0.2, -0.15) is 0 Å². The van der Waals surface area contributed by atoms with Crippen molar-refractivity contribution in [3.05, 3.63) is 63.2 Å². The van der Waals surface area contributed by atoms with Crippen LogP contribution in [0.5, 0.6) is 11.5 Å². The van der Waals surface area contributed by atoms with Gasteiger partial charge in [-0.25, -0.2) is 4.79 Å². The number of carbonyl (C=O) groups is 1. The van der Waals surface area contributed by atoms with Gasteiger partial charge in [0, 0.05) is 11.1 Å². The number of hydrogen-bond acceptors (Lipinski definition) is 5. The van der Waals surface area contributed by atoms with Crippen molar-refractivity contribution in [3.8, 4) is 11.5 Å². The van der Waals surface area contributed by atoms with Crippen molar-refractivity contribution in [2.75, 3.05) is 0 Å². The molecule has 7 heteroatoms. The zero-order chi connectivity index (χ0) is 17.9. The number of halogens is 1. The number of rotatable bonds is 5. The third-order valence-corrected chi connectivity index (χ3v) is 3.44. The number of carbonyl (C=O) groups excluding carboxylic acids is 1. The van der Waals surface area contributed by atoms with Crippen LogP contribution in [-0.2, 0) is 4.79 Å². The van der Waals surface area contributed by atoms with Gasteiger partial charge in [-0.15, -0.1) is 0 Å². The van der Waals surface area contributed by atoms with E-state index in [1.807, 2.05) is 0 Å². The van der Waals surface area contributed by atoms with E-state index in [9.17, 15) is 14.9 Å². The van der Waals surface area contributed by atoms with Crippen LogP contribution in [0.4, 0.5) is 5.69 Å². The van der Waals surface area contributed by atoms with Crippen molar-refractivity contribution in [2.24, 2.45) is 0 Å². The second-order valence-corrected chi connectivity index (χ2v) is 6.12. The molecule has 0 saturated carbocycles. The Bertz CT molecular complexity index is 771. The summed E-state index contributed by atoms with van der Waals surface area (Å²) in [6.45, 7) is 4.79. The molecule has 0 heterocycles. The van der Waals surface area contributed by atoms with E-state index in [0.29, 0.717) is 10.8 Å². The SMILES string of the molecule is Cc1ccc([N+](=O)[O-])c(OC(=O)C(C)(C)Oc2ccc(Cl)cc2)c1. The quantitative estimate of drug-likeness (QED) is 0.347. The first-order valence-corrected chi connectivity index (χ1v) is 7.49. The minimum absolute atomic E-state index is 0.113. The summed E-state index contributed by atoms with van der Waals surface area (Å²) in [4.78, 5) is 22.9. The predicted molar refractivity (Wildman–Crippen MR) is 89.6 cm³/mol. The molecule has 0 fully saturated rings. The van der Waals surface area contributed by atoms with Crippen molar-refractivity contribution < 1.29 is 19.2 Å². The van der Waals surface area contributed by atoms with Crippen molar-refractivity contribution in [2.45, 2.75) is 26.4 Å². The van der Waals surface area contributed by atoms with E-state index in [-0.39, 0.29) is 11.4 Å². The first kappa shape index (κ1) is 17.7. The third kappa shape index (κ3) is 4.23. The van der Waals surface area contributed by atoms with Gasteiger partial charge >= 0.3 is 11.7 Å². The molecule has 0 atom stereocenters. The molecular weight excluding hydrogens is 334 g/mol. The highest BCUT2D eigenvalue weighted by atomic mass is 35.5. The Labute approximate surface area is 144 Å². The monoisotopic (exact) mass is 349 g/mol. The second kappa shape index (κ2) is 6.88. The molecule has 0 radical (unpaired) electrons. The molecule has 0 unspecified atom stereocenters. The van der Waals surface area contributed by atoms with Gasteiger partial charge < -0.3 is 9.47 Å². The number of nitro benzene ring substituents is 1. The fourth-order valence-electron chi connectivity index (χ4n) is 1.92. The van der Waals surface area contributed by atoms with Crippen molar-refractivity contribution in [1.29, 1.82) is 0 Å². The van der Waals surface area contributed by atoms with Crippen LogP contribution in [0, 0.1) is 17.0 Å². The number of ether oxygens (including phenoxy) is 2. The Morgan fingerprint density at radius 2 is 1.79 bits per heavy atom. The Morgan fingerprint density at radius 3 is 2.38 bits per heavy atom. The highest BCUT2D eigenvalue weighted by molar-refractivity contribution is 6.30. The Kier molecular flexibility index (Phi) is 5.09. The van der Waals surface area contributed by atoms with E-state index < -0.39 is 16.5 Å². The number of hydrogen-bond donors (Lipinski definition) is 0. The molecule has 6 nitrogen and oxygen atoms in total. The molecule has 0 N–H and O–H groups in total. The molecule has 0 amide bonds. The van der Waals surface area contributed by atoms with Crippen LogP contribution < -0.4 is 9.47 Å². The van der Waals surface area contributed by atoms with Gasteiger partial charge in [0.05, 0.1) is 4.92 Å². The van der Waals surface area contributed by atoms with E-state index in [4.69, 9.17) is 21.1 Å². The van der Waals surface area contributed by atoms with Crippen LogP contribution in [0.3, 0.4) is 0 Å². The zero-order valence-electron chi connectivity index (χ0n) is 13.4. The molecule has 0 aliphatic heterocycles. The number of nitro groups is 1. The normalized spacial score (nSPS) is 11.0. The van der Waals surface area contributed by atoms with Crippen LogP contribution in [0.2, 0.25) is 5.02 Å². The topological polar surface area (TPSA) is 78.7 Å². The number of nitrogens with zero attached hydrogens (tertiary/aromatic N) is 1. The summed E-state index contributed by atoms with van der Waals surface area (Å²) in [6, 6.07) is 10.8. The van der Waals surface area contributed by atoms with Crippen LogP contribution in [0.25, 0.3) is 0 Å². The summed E-state index contributed by atoms with van der Waals surface area (Å²) in [5, 5.41) is 11.6. The maximum atomic E-state index is 12.4. The summed E-state index contributed by atoms with van der Waals surface area (Å²) < 4.78 is 10.8. The van der Waals surface area contributed by atoms with E-state index in [1.54, 1.807) is 37.3 Å². The molecule has 2 aromatic rings. The molecule has 0 spiro atoms. The van der Waals surface area contributed by atoms with Crippen LogP contribution in [-0.4, -0.2) is 16.5 Å². The van der Waals surface area contributed by atoms with Gasteiger partial charge in [-0.1, -0.05) is 17.7 Å². The predicted octanol–water partition coefficient (Wildman–Crippen LogP) is 4.32. The van der Waals surface area contributed by atoms with Gasteiger partial charge in [-0.3, -0.25) is 10.1 Å². The molecule has 24 heavy (non-hydrogen) atoms. The summed E-state index contributed by atoms with van der Waals surface area (Å²) in [6.07, 6.45) is 0. The van der Waals surface area contributed by atoms with Crippen LogP contribution in [0.15, 0.2) is 42.5 Å². The fourth-order valence-corrected chi connectivity index (χ4v) is 2.04. The first-order chi connectivity index (χ1) is 11.2. The molecule has 0 aliphatic carbocycles. The molecule has 126 valence electrons. The second-order valence-electron chi connectivity index (χ2n) is 5.68. The maximum Gasteiger partial charge on any atom is 0.355 e. The van der Waals surface area contributed by atoms with Crippen molar-refractivity contribution in [1.82, 2.24) is 0 Å². The van der Waals surface area contributed by atoms with Gasteiger partial charge in [0.2, 0.25) is 11.4 Å². The highest BCUT2D eigenvalue weighted by Gasteiger charge is 2.34. The first-order valence-electron chi connectivity index (χ1n) is 7.11. The lowest BCUT2D eigenvalue weighted by atomic mass is 10.1. The van der Waals surface area contributed by atoms with Gasteiger partial charge in [0.15, 0.2) is 0 Å². The minimum atomic E-state index is -1.34. The van der Waals surface area contributed by atoms with Crippen molar-refractivity contribution >= 4 is 23.3 Å². The summed E-state index contributed by atoms with van der Waals surface area (Å²) in [5.74, 6) is -0.427. The average Bonchev–Trinajstić information content (AvgIpc) is 2.49. The maximum absolute atomic E-state index is 12.4. The molecule has 0 aliphatic rings. The van der Waals surface area contributed by atoms with Crippen LogP contribution in [0.1, 0.15) is 19.4 Å². The van der Waals surface area contributed by atoms with E-state index in [0.717, 1.165) is 5.56 Å². The summed E-state index contributed by atoms with van der Waals surface area (Å²) >= 11 is 5.80. The number of aryl methyl sites for hydroxylation is 1. The average molecular weight is 350 g/mol. The molecule has 2 aromatic carbocycles. The van der Waals surface area contributed by atoms with Gasteiger partial charge in [-0.05, 0) is 56.7 Å². The molecule has 0 bridgehead atoms. The number of esters is 1. The third-order valence-electron chi connectivity index (χ3n) is 3.19. The van der Waals surface area contributed by atoms with Gasteiger partial charge in [0.25, 0.3) is 0 Å². The minimum Gasteiger partial charge on any atom is -0.476 e. The van der Waals surface area contributed by atoms with Crippen LogP contribution >= 0.6 is 11.6 Å². The largest absolute Gasteiger partial charge is 0.476 e. The highest BCUT2D eigenvalue weighted by Crippen LogP contribution is 2.30. The lowest BCUT2D eigenvalue weighted by Gasteiger charge is -2.24. The molecular formula is C17H16ClNO5. The lowest BCUT2D eigenvalue weighted by Crippen LogP contribution is -2.41. The van der Waals surface area contributed by atoms with E-state index in [2.05, 4.69) is 0 Å². The smallest absolute Gasteiger partial charge is 0.355 e. The lowest BCUT2D eigenvalue weighted by molar-refractivity contribution is -0.385. The Hall–Kier alpha value is -2.60. The Morgan fingerprint density at radius 1 is 1.17 bits per heavy atom. The number of benzene rings is 2. The molecule has 2 rings (SSSR count). The van der Waals surface area contributed by atoms with E-state index in [1.165, 1.54) is 26.0 Å². The molecule has 0 aromatic heterocycles. The van der Waals surface area contributed by atoms with E-state index >= 15 is 0 Å². The standard InChI is InChI=1S/C17H16ClNO5/c1-11-4-9-14(19(21)22)15(10-11)23-16(20)17(2,3)24-13-7-5-12(18)6-8-13/h4-10H,1-3H3. The zero-order valence-corrected chi connectivity index (χ0v) is 14.2. The van der Waals surface area contributed by atoms with Gasteiger partial charge in [0.1, 0.15) is 5.75 Å². The molecule has 0 saturated heterocycles. The Balaban J connectivity index is 2.20. The van der Waals surface area contributed by atoms with Crippen molar-refractivity contribution in [3.63, 3.8) is 0 Å². The summed E-state index contributed by atoms with van der Waals surface area (Å²) in [7, 11) is 0. The summed E-state index contributed by atoms with van der Waals surface area (Å²) in [5.41, 5.74) is -0.887.